The normalized spacial score (nSPS) is 12.7. The molecule has 0 saturated heterocycles. The Morgan fingerprint density at radius 3 is 2.93 bits per heavy atom. The van der Waals surface area contributed by atoms with Crippen LogP contribution in [0.4, 0.5) is 10.1 Å². The molecule has 0 aromatic heterocycles. The first kappa shape index (κ1) is 12.3. The maximum atomic E-state index is 13.0. The van der Waals surface area contributed by atoms with Gasteiger partial charge in [0.2, 0.25) is 0 Å². The van der Waals surface area contributed by atoms with Gasteiger partial charge in [0, 0.05) is 29.5 Å². The number of halogens is 1. The molecule has 0 spiro atoms. The molecule has 0 saturated carbocycles. The monoisotopic (exact) mass is 229 g/mol. The number of anilines is 1. The third-order valence-electron chi connectivity index (χ3n) is 2.03. The van der Waals surface area contributed by atoms with Gasteiger partial charge in [-0.15, -0.1) is 11.8 Å². The molecule has 15 heavy (non-hydrogen) atoms. The molecule has 0 amide bonds. The van der Waals surface area contributed by atoms with E-state index in [4.69, 9.17) is 10.5 Å². The predicted octanol–water partition coefficient (Wildman–Crippen LogP) is 2.93. The number of benzene rings is 1. The molecule has 0 aliphatic rings. The van der Waals surface area contributed by atoms with Crippen molar-refractivity contribution in [2.45, 2.75) is 23.5 Å². The minimum absolute atomic E-state index is 0.245. The number of nitrogens with two attached hydrogens (primary N) is 1. The molecule has 0 aliphatic heterocycles. The molecule has 0 bridgehead atoms. The lowest BCUT2D eigenvalue weighted by atomic mass is 10.3. The molecule has 0 radical (unpaired) electrons. The number of methoxy groups -OCH3 is 1. The van der Waals surface area contributed by atoms with E-state index in [2.05, 4.69) is 6.92 Å². The first-order chi connectivity index (χ1) is 7.13. The van der Waals surface area contributed by atoms with Crippen LogP contribution in [0.5, 0.6) is 0 Å². The van der Waals surface area contributed by atoms with Crippen molar-refractivity contribution in [1.29, 1.82) is 0 Å². The van der Waals surface area contributed by atoms with Crippen LogP contribution in [0.25, 0.3) is 0 Å². The zero-order valence-corrected chi connectivity index (χ0v) is 9.81. The Morgan fingerprint density at radius 2 is 2.27 bits per heavy atom. The standard InChI is InChI=1S/C11H16FNOS/c1-8(5-6-14-2)15-11-7-9(12)3-4-10(11)13/h3-4,7-8H,5-6,13H2,1-2H3. The molecule has 2 N–H and O–H groups in total. The largest absolute Gasteiger partial charge is 0.398 e. The second-order valence-corrected chi connectivity index (χ2v) is 4.87. The van der Waals surface area contributed by atoms with Crippen LogP contribution >= 0.6 is 11.8 Å². The van der Waals surface area contributed by atoms with Gasteiger partial charge in [0.25, 0.3) is 0 Å². The lowest BCUT2D eigenvalue weighted by molar-refractivity contribution is 0.195. The summed E-state index contributed by atoms with van der Waals surface area (Å²) in [6, 6.07) is 4.45. The van der Waals surface area contributed by atoms with E-state index in [1.807, 2.05) is 0 Å². The van der Waals surface area contributed by atoms with Gasteiger partial charge in [-0.1, -0.05) is 6.92 Å². The quantitative estimate of drug-likeness (QED) is 0.623. The summed E-state index contributed by atoms with van der Waals surface area (Å²) < 4.78 is 17.9. The molecule has 0 aliphatic carbocycles. The van der Waals surface area contributed by atoms with Gasteiger partial charge >= 0.3 is 0 Å². The topological polar surface area (TPSA) is 35.2 Å². The third-order valence-corrected chi connectivity index (χ3v) is 3.28. The summed E-state index contributed by atoms with van der Waals surface area (Å²) in [5, 5.41) is 0.369. The molecule has 1 aromatic carbocycles. The van der Waals surface area contributed by atoms with Gasteiger partial charge in [-0.25, -0.2) is 4.39 Å². The Hall–Kier alpha value is -0.740. The van der Waals surface area contributed by atoms with Crippen molar-refractivity contribution in [3.05, 3.63) is 24.0 Å². The van der Waals surface area contributed by atoms with E-state index in [-0.39, 0.29) is 5.82 Å². The molecule has 0 fully saturated rings. The summed E-state index contributed by atoms with van der Waals surface area (Å²) in [5.74, 6) is -0.245. The summed E-state index contributed by atoms with van der Waals surface area (Å²) in [6.07, 6.45) is 0.928. The summed E-state index contributed by atoms with van der Waals surface area (Å²) in [7, 11) is 1.67. The van der Waals surface area contributed by atoms with E-state index in [0.717, 1.165) is 11.3 Å². The molecule has 4 heteroatoms. The number of ether oxygens (including phenoxy) is 1. The molecule has 0 heterocycles. The Kier molecular flexibility index (Phi) is 4.91. The van der Waals surface area contributed by atoms with Crippen LogP contribution in [0.15, 0.2) is 23.1 Å². The highest BCUT2D eigenvalue weighted by Crippen LogP contribution is 2.30. The van der Waals surface area contributed by atoms with E-state index in [0.29, 0.717) is 17.5 Å². The number of hydrogen-bond acceptors (Lipinski definition) is 3. The highest BCUT2D eigenvalue weighted by atomic mass is 32.2. The van der Waals surface area contributed by atoms with Crippen LogP contribution in [0.1, 0.15) is 13.3 Å². The highest BCUT2D eigenvalue weighted by molar-refractivity contribution is 8.00. The van der Waals surface area contributed by atoms with Crippen LogP contribution in [0.2, 0.25) is 0 Å². The van der Waals surface area contributed by atoms with E-state index in [1.165, 1.54) is 12.1 Å². The fourth-order valence-electron chi connectivity index (χ4n) is 1.17. The maximum absolute atomic E-state index is 13.0. The number of nitrogen functional groups attached to an aromatic ring is 1. The molecule has 1 unspecified atom stereocenters. The summed E-state index contributed by atoms with van der Waals surface area (Å²) in [5.41, 5.74) is 6.38. The summed E-state index contributed by atoms with van der Waals surface area (Å²) >= 11 is 1.58. The van der Waals surface area contributed by atoms with Gasteiger partial charge < -0.3 is 10.5 Å². The smallest absolute Gasteiger partial charge is 0.124 e. The SMILES string of the molecule is COCCC(C)Sc1cc(F)ccc1N. The van der Waals surface area contributed by atoms with Gasteiger partial charge in [0.05, 0.1) is 0 Å². The number of thioether (sulfide) groups is 1. The second-order valence-electron chi connectivity index (χ2n) is 3.39. The van der Waals surface area contributed by atoms with Crippen LogP contribution < -0.4 is 5.73 Å². The van der Waals surface area contributed by atoms with Gasteiger partial charge in [-0.3, -0.25) is 0 Å². The Balaban J connectivity index is 2.59. The molecule has 2 nitrogen and oxygen atoms in total. The Bertz CT molecular complexity index is 319. The van der Waals surface area contributed by atoms with E-state index < -0.39 is 0 Å². The third kappa shape index (κ3) is 4.10. The van der Waals surface area contributed by atoms with Crippen LogP contribution in [0.3, 0.4) is 0 Å². The second kappa shape index (κ2) is 5.98. The Morgan fingerprint density at radius 1 is 1.53 bits per heavy atom. The van der Waals surface area contributed by atoms with Crippen molar-refractivity contribution >= 4 is 17.4 Å². The fraction of sp³-hybridized carbons (Fsp3) is 0.455. The lowest BCUT2D eigenvalue weighted by Gasteiger charge is -2.12. The lowest BCUT2D eigenvalue weighted by Crippen LogP contribution is -2.02. The summed E-state index contributed by atoms with van der Waals surface area (Å²) in [4.78, 5) is 0.804. The maximum Gasteiger partial charge on any atom is 0.124 e. The van der Waals surface area contributed by atoms with Crippen molar-refractivity contribution in [3.63, 3.8) is 0 Å². The predicted molar refractivity (Wildman–Crippen MR) is 62.6 cm³/mol. The Labute approximate surface area is 94.0 Å². The molecular weight excluding hydrogens is 213 g/mol. The van der Waals surface area contributed by atoms with Gasteiger partial charge in [0.1, 0.15) is 5.82 Å². The first-order valence-electron chi connectivity index (χ1n) is 4.84. The molecule has 1 atom stereocenters. The average Bonchev–Trinajstić information content (AvgIpc) is 2.20. The molecular formula is C11H16FNOS. The fourth-order valence-corrected chi connectivity index (χ4v) is 2.20. The van der Waals surface area contributed by atoms with Crippen molar-refractivity contribution < 1.29 is 9.13 Å². The zero-order chi connectivity index (χ0) is 11.3. The van der Waals surface area contributed by atoms with E-state index in [1.54, 1.807) is 24.9 Å². The minimum atomic E-state index is -0.245. The van der Waals surface area contributed by atoms with Crippen LogP contribution in [-0.2, 0) is 4.74 Å². The van der Waals surface area contributed by atoms with Crippen molar-refractivity contribution in [3.8, 4) is 0 Å². The van der Waals surface area contributed by atoms with Gasteiger partial charge in [-0.2, -0.15) is 0 Å². The van der Waals surface area contributed by atoms with Gasteiger partial charge in [0.15, 0.2) is 0 Å². The number of rotatable bonds is 5. The average molecular weight is 229 g/mol. The molecule has 84 valence electrons. The van der Waals surface area contributed by atoms with Crippen molar-refractivity contribution in [2.75, 3.05) is 19.5 Å². The van der Waals surface area contributed by atoms with Crippen LogP contribution in [0, 0.1) is 5.82 Å². The van der Waals surface area contributed by atoms with Crippen LogP contribution in [-0.4, -0.2) is 19.0 Å². The first-order valence-corrected chi connectivity index (χ1v) is 5.72. The molecule has 1 aromatic rings. The van der Waals surface area contributed by atoms with E-state index >= 15 is 0 Å². The van der Waals surface area contributed by atoms with E-state index in [9.17, 15) is 4.39 Å². The zero-order valence-electron chi connectivity index (χ0n) is 9.00. The minimum Gasteiger partial charge on any atom is -0.398 e. The van der Waals surface area contributed by atoms with Crippen molar-refractivity contribution in [2.24, 2.45) is 0 Å². The number of hydrogen-bond donors (Lipinski definition) is 1. The van der Waals surface area contributed by atoms with Gasteiger partial charge in [-0.05, 0) is 24.6 Å². The summed E-state index contributed by atoms with van der Waals surface area (Å²) in [6.45, 7) is 2.79. The van der Waals surface area contributed by atoms with Crippen molar-refractivity contribution in [1.82, 2.24) is 0 Å². The molecule has 1 rings (SSSR count). The highest BCUT2D eigenvalue weighted by Gasteiger charge is 2.07.